The first-order chi connectivity index (χ1) is 9.72. The van der Waals surface area contributed by atoms with Crippen LogP contribution in [0.25, 0.3) is 0 Å². The summed E-state index contributed by atoms with van der Waals surface area (Å²) in [6, 6.07) is 8.14. The number of nitrogens with two attached hydrogens (primary N) is 1. The average molecular weight is 273 g/mol. The minimum atomic E-state index is 0.0695. The van der Waals surface area contributed by atoms with E-state index in [1.807, 2.05) is 30.6 Å². The molecule has 1 aromatic carbocycles. The summed E-state index contributed by atoms with van der Waals surface area (Å²) in [5.41, 5.74) is 7.46. The molecule has 4 heteroatoms. The van der Waals surface area contributed by atoms with Crippen LogP contribution < -0.4 is 10.5 Å². The lowest BCUT2D eigenvalue weighted by Crippen LogP contribution is -2.27. The molecule has 0 aliphatic carbocycles. The van der Waals surface area contributed by atoms with E-state index in [4.69, 9.17) is 10.5 Å². The van der Waals surface area contributed by atoms with Crippen LogP contribution >= 0.6 is 0 Å². The van der Waals surface area contributed by atoms with Gasteiger partial charge < -0.3 is 15.0 Å². The average Bonchev–Trinajstić information content (AvgIpc) is 2.86. The molecule has 20 heavy (non-hydrogen) atoms. The first kappa shape index (κ1) is 14.6. The zero-order chi connectivity index (χ0) is 14.4. The van der Waals surface area contributed by atoms with E-state index in [2.05, 4.69) is 22.5 Å². The zero-order valence-electron chi connectivity index (χ0n) is 12.2. The number of aromatic nitrogens is 2. The summed E-state index contributed by atoms with van der Waals surface area (Å²) < 4.78 is 7.42. The lowest BCUT2D eigenvalue weighted by atomic mass is 10.0. The van der Waals surface area contributed by atoms with Crippen LogP contribution in [0.5, 0.6) is 5.75 Å². The third-order valence-corrected chi connectivity index (χ3v) is 3.34. The van der Waals surface area contributed by atoms with Gasteiger partial charge in [-0.2, -0.15) is 0 Å². The second kappa shape index (κ2) is 7.10. The van der Waals surface area contributed by atoms with Crippen LogP contribution in [-0.2, 0) is 19.4 Å². The molecule has 1 aromatic heterocycles. The van der Waals surface area contributed by atoms with E-state index in [0.717, 1.165) is 37.4 Å². The Morgan fingerprint density at radius 3 is 2.95 bits per heavy atom. The van der Waals surface area contributed by atoms with Crippen LogP contribution in [0.3, 0.4) is 0 Å². The second-order valence-electron chi connectivity index (χ2n) is 5.06. The van der Waals surface area contributed by atoms with Crippen LogP contribution in [-0.4, -0.2) is 22.7 Å². The molecule has 0 bridgehead atoms. The lowest BCUT2D eigenvalue weighted by molar-refractivity contribution is 0.414. The summed E-state index contributed by atoms with van der Waals surface area (Å²) in [5.74, 6) is 1.95. The summed E-state index contributed by atoms with van der Waals surface area (Å²) in [4.78, 5) is 4.41. The van der Waals surface area contributed by atoms with Gasteiger partial charge in [-0.3, -0.25) is 0 Å². The van der Waals surface area contributed by atoms with E-state index in [9.17, 15) is 0 Å². The zero-order valence-corrected chi connectivity index (χ0v) is 12.2. The van der Waals surface area contributed by atoms with E-state index >= 15 is 0 Å². The van der Waals surface area contributed by atoms with Crippen molar-refractivity contribution in [2.45, 2.75) is 38.8 Å². The normalized spacial score (nSPS) is 12.3. The third kappa shape index (κ3) is 3.84. The number of ether oxygens (including phenoxy) is 1. The van der Waals surface area contributed by atoms with Crippen molar-refractivity contribution in [3.63, 3.8) is 0 Å². The number of benzene rings is 1. The number of rotatable bonds is 7. The lowest BCUT2D eigenvalue weighted by Gasteiger charge is -2.13. The van der Waals surface area contributed by atoms with E-state index < -0.39 is 0 Å². The molecule has 2 rings (SSSR count). The van der Waals surface area contributed by atoms with Gasteiger partial charge in [-0.05, 0) is 30.5 Å². The van der Waals surface area contributed by atoms with Crippen LogP contribution in [0, 0.1) is 0 Å². The van der Waals surface area contributed by atoms with E-state index in [1.54, 1.807) is 7.11 Å². The van der Waals surface area contributed by atoms with Crippen molar-refractivity contribution in [2.24, 2.45) is 5.73 Å². The van der Waals surface area contributed by atoms with Gasteiger partial charge in [0.15, 0.2) is 0 Å². The van der Waals surface area contributed by atoms with Gasteiger partial charge in [0.2, 0.25) is 0 Å². The van der Waals surface area contributed by atoms with Gasteiger partial charge in [-0.15, -0.1) is 0 Å². The fraction of sp³-hybridized carbons (Fsp3) is 0.438. The molecule has 0 amide bonds. The topological polar surface area (TPSA) is 53.1 Å². The Morgan fingerprint density at radius 1 is 1.35 bits per heavy atom. The number of aryl methyl sites for hydroxylation is 1. The molecule has 0 spiro atoms. The van der Waals surface area contributed by atoms with Crippen molar-refractivity contribution >= 4 is 0 Å². The van der Waals surface area contributed by atoms with Crippen molar-refractivity contribution in [3.05, 3.63) is 48.0 Å². The van der Waals surface area contributed by atoms with Crippen molar-refractivity contribution < 1.29 is 4.74 Å². The summed E-state index contributed by atoms with van der Waals surface area (Å²) in [6.45, 7) is 3.17. The smallest absolute Gasteiger partial charge is 0.119 e. The third-order valence-electron chi connectivity index (χ3n) is 3.34. The molecule has 0 aliphatic heterocycles. The van der Waals surface area contributed by atoms with Crippen molar-refractivity contribution in [1.29, 1.82) is 0 Å². The monoisotopic (exact) mass is 273 g/mol. The Bertz CT molecular complexity index is 536. The fourth-order valence-corrected chi connectivity index (χ4v) is 2.38. The van der Waals surface area contributed by atoms with Crippen LogP contribution in [0.1, 0.15) is 24.7 Å². The van der Waals surface area contributed by atoms with Gasteiger partial charge in [0.25, 0.3) is 0 Å². The van der Waals surface area contributed by atoms with Crippen molar-refractivity contribution in [2.75, 3.05) is 7.11 Å². The number of hydrogen-bond donors (Lipinski definition) is 1. The number of nitrogens with zero attached hydrogens (tertiary/aromatic N) is 2. The van der Waals surface area contributed by atoms with Crippen molar-refractivity contribution in [1.82, 2.24) is 9.55 Å². The molecule has 0 fully saturated rings. The van der Waals surface area contributed by atoms with Gasteiger partial charge in [-0.25, -0.2) is 4.98 Å². The quantitative estimate of drug-likeness (QED) is 0.843. The summed E-state index contributed by atoms with van der Waals surface area (Å²) in [7, 11) is 1.68. The maximum absolute atomic E-state index is 6.26. The molecule has 1 heterocycles. The van der Waals surface area contributed by atoms with Gasteiger partial charge >= 0.3 is 0 Å². The summed E-state index contributed by atoms with van der Waals surface area (Å²) in [6.07, 6.45) is 6.61. The van der Waals surface area contributed by atoms with Gasteiger partial charge in [0.1, 0.15) is 11.6 Å². The molecule has 0 saturated heterocycles. The summed E-state index contributed by atoms with van der Waals surface area (Å²) >= 11 is 0. The molecule has 0 radical (unpaired) electrons. The Labute approximate surface area is 120 Å². The summed E-state index contributed by atoms with van der Waals surface area (Å²) in [5, 5.41) is 0. The van der Waals surface area contributed by atoms with E-state index in [1.165, 1.54) is 5.56 Å². The Hall–Kier alpha value is -1.81. The van der Waals surface area contributed by atoms with Gasteiger partial charge in [0.05, 0.1) is 7.11 Å². The molecule has 0 saturated carbocycles. The standard InChI is InChI=1S/C16H23N3O/c1-3-8-19-9-7-18-16(19)12-14(17)10-13-5-4-6-15(11-13)20-2/h4-7,9,11,14H,3,8,10,12,17H2,1-2H3. The Morgan fingerprint density at radius 2 is 2.20 bits per heavy atom. The van der Waals surface area contributed by atoms with Crippen LogP contribution in [0.4, 0.5) is 0 Å². The highest BCUT2D eigenvalue weighted by Gasteiger charge is 2.10. The molecule has 1 atom stereocenters. The highest BCUT2D eigenvalue weighted by atomic mass is 16.5. The molecule has 4 nitrogen and oxygen atoms in total. The SMILES string of the molecule is CCCn1ccnc1CC(N)Cc1cccc(OC)c1. The fourth-order valence-electron chi connectivity index (χ4n) is 2.38. The predicted molar refractivity (Wildman–Crippen MR) is 80.9 cm³/mol. The molecule has 108 valence electrons. The molecular formula is C16H23N3O. The maximum Gasteiger partial charge on any atom is 0.119 e. The van der Waals surface area contributed by atoms with E-state index in [0.29, 0.717) is 0 Å². The largest absolute Gasteiger partial charge is 0.497 e. The number of imidazole rings is 1. The first-order valence-corrected chi connectivity index (χ1v) is 7.11. The highest BCUT2D eigenvalue weighted by Crippen LogP contribution is 2.14. The van der Waals surface area contributed by atoms with Crippen LogP contribution in [0.15, 0.2) is 36.7 Å². The molecule has 2 N–H and O–H groups in total. The predicted octanol–water partition coefficient (Wildman–Crippen LogP) is 2.41. The number of hydrogen-bond acceptors (Lipinski definition) is 3. The Kier molecular flexibility index (Phi) is 5.18. The number of methoxy groups -OCH3 is 1. The molecule has 1 unspecified atom stereocenters. The first-order valence-electron chi connectivity index (χ1n) is 7.11. The van der Waals surface area contributed by atoms with E-state index in [-0.39, 0.29) is 6.04 Å². The van der Waals surface area contributed by atoms with Gasteiger partial charge in [-0.1, -0.05) is 19.1 Å². The Balaban J connectivity index is 1.97. The molecule has 2 aromatic rings. The molecule has 0 aliphatic rings. The highest BCUT2D eigenvalue weighted by molar-refractivity contribution is 5.29. The van der Waals surface area contributed by atoms with Crippen molar-refractivity contribution in [3.8, 4) is 5.75 Å². The second-order valence-corrected chi connectivity index (χ2v) is 5.06. The van der Waals surface area contributed by atoms with Gasteiger partial charge in [0, 0.05) is 31.4 Å². The molecular weight excluding hydrogens is 250 g/mol. The maximum atomic E-state index is 6.26. The minimum absolute atomic E-state index is 0.0695. The minimum Gasteiger partial charge on any atom is -0.497 e. The van der Waals surface area contributed by atoms with Crippen LogP contribution in [0.2, 0.25) is 0 Å².